The van der Waals surface area contributed by atoms with Crippen LogP contribution in [0.1, 0.15) is 41.0 Å². The molecule has 0 saturated carbocycles. The molecule has 0 aromatic heterocycles. The first-order valence-electron chi connectivity index (χ1n) is 4.75. The van der Waals surface area contributed by atoms with E-state index < -0.39 is 22.8 Å². The van der Waals surface area contributed by atoms with Crippen molar-refractivity contribution in [3.05, 3.63) is 0 Å². The number of ketones is 1. The normalized spacial score (nSPS) is 11.7. The van der Waals surface area contributed by atoms with Crippen LogP contribution in [0.25, 0.3) is 0 Å². The molecule has 0 N–H and O–H groups in total. The number of nitrogens with zero attached hydrogens (tertiary/aromatic N) is 1. The molecule has 0 fully saturated rings. The minimum absolute atomic E-state index is 0.349. The van der Waals surface area contributed by atoms with Crippen LogP contribution >= 0.6 is 0 Å². The van der Waals surface area contributed by atoms with Gasteiger partial charge in [-0.1, -0.05) is 0 Å². The third kappa shape index (κ3) is 5.16. The van der Waals surface area contributed by atoms with Crippen molar-refractivity contribution in [2.75, 3.05) is 0 Å². The number of hydrogen-bond donors (Lipinski definition) is 0. The van der Waals surface area contributed by atoms with Crippen molar-refractivity contribution in [2.45, 2.75) is 46.6 Å². The van der Waals surface area contributed by atoms with Gasteiger partial charge in [0.2, 0.25) is 0 Å². The summed E-state index contributed by atoms with van der Waals surface area (Å²) in [6.45, 7) is 8.15. The molecule has 0 aliphatic rings. The lowest BCUT2D eigenvalue weighted by Crippen LogP contribution is -2.29. The molecule has 0 radical (unpaired) electrons. The molecule has 4 nitrogen and oxygen atoms in total. The molecular formula is C11H17NO3. The Labute approximate surface area is 90.2 Å². The standard InChI is InChI=1S/C11H17NO3/c1-10(2,3)15-9(14)6-8(13)11(4,5)7-12/h6H2,1-5H3. The van der Waals surface area contributed by atoms with Gasteiger partial charge in [-0.3, -0.25) is 9.59 Å². The highest BCUT2D eigenvalue weighted by atomic mass is 16.6. The second-order valence-electron chi connectivity index (χ2n) is 4.92. The minimum Gasteiger partial charge on any atom is -0.460 e. The van der Waals surface area contributed by atoms with Crippen LogP contribution in [0.15, 0.2) is 0 Å². The lowest BCUT2D eigenvalue weighted by atomic mass is 9.88. The lowest BCUT2D eigenvalue weighted by molar-refractivity contribution is -0.157. The summed E-state index contributed by atoms with van der Waals surface area (Å²) in [5.74, 6) is -1.00. The van der Waals surface area contributed by atoms with Crippen molar-refractivity contribution >= 4 is 11.8 Å². The van der Waals surface area contributed by atoms with Crippen LogP contribution < -0.4 is 0 Å². The first kappa shape index (κ1) is 13.6. The maximum atomic E-state index is 11.5. The van der Waals surface area contributed by atoms with Crippen molar-refractivity contribution < 1.29 is 14.3 Å². The number of rotatable bonds is 3. The highest BCUT2D eigenvalue weighted by molar-refractivity contribution is 5.99. The van der Waals surface area contributed by atoms with Gasteiger partial charge in [-0.2, -0.15) is 5.26 Å². The molecule has 0 unspecified atom stereocenters. The molecule has 0 amide bonds. The number of esters is 1. The monoisotopic (exact) mass is 211 g/mol. The molecule has 0 aliphatic carbocycles. The lowest BCUT2D eigenvalue weighted by Gasteiger charge is -2.20. The van der Waals surface area contributed by atoms with Gasteiger partial charge in [0.1, 0.15) is 17.4 Å². The van der Waals surface area contributed by atoms with Gasteiger partial charge in [0.25, 0.3) is 0 Å². The van der Waals surface area contributed by atoms with E-state index in [0.29, 0.717) is 0 Å². The Bertz CT molecular complexity index is 305. The topological polar surface area (TPSA) is 67.2 Å². The fourth-order valence-electron chi connectivity index (χ4n) is 0.792. The second-order valence-corrected chi connectivity index (χ2v) is 4.92. The van der Waals surface area contributed by atoms with E-state index in [1.165, 1.54) is 13.8 Å². The van der Waals surface area contributed by atoms with Gasteiger partial charge in [0.05, 0.1) is 6.07 Å². The number of hydrogen-bond acceptors (Lipinski definition) is 4. The van der Waals surface area contributed by atoms with E-state index in [9.17, 15) is 9.59 Å². The zero-order chi connectivity index (χ0) is 12.3. The first-order chi connectivity index (χ1) is 6.58. The Hall–Kier alpha value is -1.37. The van der Waals surface area contributed by atoms with E-state index in [2.05, 4.69) is 0 Å². The molecule has 0 atom stereocenters. The molecule has 0 aromatic rings. The Morgan fingerprint density at radius 2 is 1.67 bits per heavy atom. The highest BCUT2D eigenvalue weighted by Gasteiger charge is 2.30. The van der Waals surface area contributed by atoms with Crippen LogP contribution in [-0.2, 0) is 14.3 Å². The summed E-state index contributed by atoms with van der Waals surface area (Å²) in [7, 11) is 0. The molecule has 0 aromatic carbocycles. The van der Waals surface area contributed by atoms with Gasteiger partial charge < -0.3 is 4.74 Å². The summed E-state index contributed by atoms with van der Waals surface area (Å²) in [5, 5.41) is 8.69. The average molecular weight is 211 g/mol. The Balaban J connectivity index is 4.35. The van der Waals surface area contributed by atoms with E-state index in [-0.39, 0.29) is 6.42 Å². The van der Waals surface area contributed by atoms with Gasteiger partial charge in [-0.25, -0.2) is 0 Å². The molecule has 0 spiro atoms. The minimum atomic E-state index is -1.13. The van der Waals surface area contributed by atoms with Gasteiger partial charge in [-0.15, -0.1) is 0 Å². The number of Topliss-reactive ketones (excluding diaryl/α,β-unsaturated/α-hetero) is 1. The van der Waals surface area contributed by atoms with Crippen molar-refractivity contribution in [2.24, 2.45) is 5.41 Å². The zero-order valence-corrected chi connectivity index (χ0v) is 9.88. The summed E-state index contributed by atoms with van der Waals surface area (Å²) >= 11 is 0. The van der Waals surface area contributed by atoms with Gasteiger partial charge >= 0.3 is 5.97 Å². The maximum Gasteiger partial charge on any atom is 0.313 e. The summed E-state index contributed by atoms with van der Waals surface area (Å²) in [5.41, 5.74) is -1.73. The number of carbonyl (C=O) groups excluding carboxylic acids is 2. The molecule has 4 heteroatoms. The van der Waals surface area contributed by atoms with Gasteiger partial charge in [0.15, 0.2) is 5.78 Å². The van der Waals surface area contributed by atoms with Crippen LogP contribution in [0.3, 0.4) is 0 Å². The third-order valence-electron chi connectivity index (χ3n) is 1.70. The summed E-state index contributed by atoms with van der Waals surface area (Å²) in [6, 6.07) is 1.85. The van der Waals surface area contributed by atoms with E-state index in [4.69, 9.17) is 10.00 Å². The van der Waals surface area contributed by atoms with Crippen LogP contribution in [0.2, 0.25) is 0 Å². The summed E-state index contributed by atoms with van der Waals surface area (Å²) < 4.78 is 4.98. The zero-order valence-electron chi connectivity index (χ0n) is 9.88. The second kappa shape index (κ2) is 4.43. The predicted octanol–water partition coefficient (Wildman–Crippen LogP) is 1.84. The van der Waals surface area contributed by atoms with E-state index >= 15 is 0 Å². The number of ether oxygens (including phenoxy) is 1. The first-order valence-corrected chi connectivity index (χ1v) is 4.75. The summed E-state index contributed by atoms with van der Waals surface area (Å²) in [4.78, 5) is 22.7. The largest absolute Gasteiger partial charge is 0.460 e. The number of carbonyl (C=O) groups is 2. The highest BCUT2D eigenvalue weighted by Crippen LogP contribution is 2.18. The van der Waals surface area contributed by atoms with Crippen LogP contribution in [0.5, 0.6) is 0 Å². The average Bonchev–Trinajstić information content (AvgIpc) is 2.00. The van der Waals surface area contributed by atoms with Crippen LogP contribution in [0, 0.1) is 16.7 Å². The molecule has 0 aliphatic heterocycles. The van der Waals surface area contributed by atoms with Crippen molar-refractivity contribution in [3.63, 3.8) is 0 Å². The van der Waals surface area contributed by atoms with Crippen LogP contribution in [-0.4, -0.2) is 17.4 Å². The quantitative estimate of drug-likeness (QED) is 0.527. The molecule has 84 valence electrons. The van der Waals surface area contributed by atoms with Crippen molar-refractivity contribution in [1.29, 1.82) is 5.26 Å². The van der Waals surface area contributed by atoms with E-state index in [1.807, 2.05) is 6.07 Å². The molecule has 0 rings (SSSR count). The molecule has 0 heterocycles. The molecular weight excluding hydrogens is 194 g/mol. The fraction of sp³-hybridized carbons (Fsp3) is 0.727. The van der Waals surface area contributed by atoms with Gasteiger partial charge in [0, 0.05) is 0 Å². The molecule has 0 bridgehead atoms. The van der Waals surface area contributed by atoms with E-state index in [1.54, 1.807) is 20.8 Å². The third-order valence-corrected chi connectivity index (χ3v) is 1.70. The van der Waals surface area contributed by atoms with Crippen LogP contribution in [0.4, 0.5) is 0 Å². The van der Waals surface area contributed by atoms with Gasteiger partial charge in [-0.05, 0) is 34.6 Å². The fourth-order valence-corrected chi connectivity index (χ4v) is 0.792. The smallest absolute Gasteiger partial charge is 0.313 e. The Morgan fingerprint density at radius 1 is 1.20 bits per heavy atom. The summed E-state index contributed by atoms with van der Waals surface area (Å²) in [6.07, 6.45) is -0.349. The van der Waals surface area contributed by atoms with Crippen molar-refractivity contribution in [3.8, 4) is 6.07 Å². The molecule has 0 saturated heterocycles. The maximum absolute atomic E-state index is 11.5. The predicted molar refractivity (Wildman–Crippen MR) is 54.9 cm³/mol. The Morgan fingerprint density at radius 3 is 2.00 bits per heavy atom. The Kier molecular flexibility index (Phi) is 4.03. The molecule has 15 heavy (non-hydrogen) atoms. The van der Waals surface area contributed by atoms with Crippen molar-refractivity contribution in [1.82, 2.24) is 0 Å². The van der Waals surface area contributed by atoms with E-state index in [0.717, 1.165) is 0 Å². The number of nitriles is 1. The SMILES string of the molecule is CC(C)(C)OC(=O)CC(=O)C(C)(C)C#N.